The van der Waals surface area contributed by atoms with Crippen LogP contribution in [0.5, 0.6) is 0 Å². The summed E-state index contributed by atoms with van der Waals surface area (Å²) in [7, 11) is 0. The first kappa shape index (κ1) is 7.02. The summed E-state index contributed by atoms with van der Waals surface area (Å²) in [6.07, 6.45) is 0. The maximum atomic E-state index is 5.57. The molecule has 0 aliphatic heterocycles. The first-order chi connectivity index (χ1) is 4.75. The van der Waals surface area contributed by atoms with Crippen molar-refractivity contribution in [2.45, 2.75) is 0 Å². The van der Waals surface area contributed by atoms with E-state index in [4.69, 9.17) is 23.7 Å². The van der Waals surface area contributed by atoms with Crippen molar-refractivity contribution in [1.82, 2.24) is 0 Å². The highest BCUT2D eigenvalue weighted by molar-refractivity contribution is 7.79. The largest absolute Gasteiger partial charge is 0.397 e. The minimum atomic E-state index is 0.567. The van der Waals surface area contributed by atoms with Crippen LogP contribution in [0.1, 0.15) is 5.56 Å². The summed E-state index contributed by atoms with van der Waals surface area (Å²) in [6.45, 7) is 0. The highest BCUT2D eigenvalue weighted by Gasteiger charge is 1.96. The topological polar surface area (TPSA) is 52.0 Å². The zero-order chi connectivity index (χ0) is 7.56. The van der Waals surface area contributed by atoms with Crippen molar-refractivity contribution >= 4 is 29.0 Å². The van der Waals surface area contributed by atoms with E-state index >= 15 is 0 Å². The SMILES string of the molecule is Nc1cccc(C=S)c1N. The van der Waals surface area contributed by atoms with Crippen LogP contribution in [0.2, 0.25) is 0 Å². The predicted molar refractivity (Wildman–Crippen MR) is 48.0 cm³/mol. The molecule has 0 heterocycles. The Bertz CT molecular complexity index is 258. The highest BCUT2D eigenvalue weighted by atomic mass is 32.1. The molecule has 0 aliphatic carbocycles. The molecule has 52 valence electrons. The van der Waals surface area contributed by atoms with E-state index in [1.54, 1.807) is 6.07 Å². The number of nitrogens with two attached hydrogens (primary N) is 2. The van der Waals surface area contributed by atoms with E-state index in [-0.39, 0.29) is 0 Å². The number of rotatable bonds is 1. The molecule has 0 atom stereocenters. The van der Waals surface area contributed by atoms with Crippen LogP contribution in [0.25, 0.3) is 0 Å². The fourth-order valence-electron chi connectivity index (χ4n) is 0.704. The second-order valence-electron chi connectivity index (χ2n) is 1.97. The Kier molecular flexibility index (Phi) is 1.87. The maximum Gasteiger partial charge on any atom is 0.0629 e. The molecule has 3 heteroatoms. The van der Waals surface area contributed by atoms with Crippen LogP contribution >= 0.6 is 12.2 Å². The molecule has 0 aromatic heterocycles. The quantitative estimate of drug-likeness (QED) is 0.469. The Morgan fingerprint density at radius 1 is 1.30 bits per heavy atom. The number of para-hydroxylation sites is 1. The average Bonchev–Trinajstić information content (AvgIpc) is 1.95. The van der Waals surface area contributed by atoms with Crippen LogP contribution in [-0.2, 0) is 0 Å². The molecule has 4 N–H and O–H groups in total. The normalized spacial score (nSPS) is 9.20. The van der Waals surface area contributed by atoms with E-state index in [9.17, 15) is 0 Å². The summed E-state index contributed by atoms with van der Waals surface area (Å²) in [5.74, 6) is 0. The van der Waals surface area contributed by atoms with Gasteiger partial charge in [0.1, 0.15) is 0 Å². The van der Waals surface area contributed by atoms with Crippen molar-refractivity contribution in [2.75, 3.05) is 11.5 Å². The van der Waals surface area contributed by atoms with Gasteiger partial charge in [-0.3, -0.25) is 0 Å². The summed E-state index contributed by atoms with van der Waals surface area (Å²) in [4.78, 5) is 0. The molecule has 0 aliphatic rings. The van der Waals surface area contributed by atoms with Crippen molar-refractivity contribution in [3.8, 4) is 0 Å². The molecular formula is C7H8N2S. The molecule has 10 heavy (non-hydrogen) atoms. The first-order valence-electron chi connectivity index (χ1n) is 2.85. The molecule has 1 aromatic rings. The zero-order valence-corrected chi connectivity index (χ0v) is 6.19. The van der Waals surface area contributed by atoms with Crippen LogP contribution < -0.4 is 11.5 Å². The molecule has 0 unspecified atom stereocenters. The van der Waals surface area contributed by atoms with Crippen LogP contribution in [0, 0.1) is 0 Å². The van der Waals surface area contributed by atoms with Crippen molar-refractivity contribution in [2.24, 2.45) is 0 Å². The number of thiocarbonyl (C=S) groups is 1. The van der Waals surface area contributed by atoms with Crippen molar-refractivity contribution in [3.05, 3.63) is 23.8 Å². The van der Waals surface area contributed by atoms with Gasteiger partial charge in [0.05, 0.1) is 11.4 Å². The monoisotopic (exact) mass is 152 g/mol. The fraction of sp³-hybridized carbons (Fsp3) is 0. The molecule has 2 nitrogen and oxygen atoms in total. The van der Waals surface area contributed by atoms with Gasteiger partial charge in [-0.2, -0.15) is 0 Å². The molecule has 0 radical (unpaired) electrons. The zero-order valence-electron chi connectivity index (χ0n) is 5.37. The van der Waals surface area contributed by atoms with Gasteiger partial charge in [-0.25, -0.2) is 0 Å². The number of hydrogen-bond donors (Lipinski definition) is 2. The van der Waals surface area contributed by atoms with Gasteiger partial charge in [0, 0.05) is 10.9 Å². The smallest absolute Gasteiger partial charge is 0.0629 e. The lowest BCUT2D eigenvalue weighted by Crippen LogP contribution is -1.97. The molecule has 0 saturated carbocycles. The minimum absolute atomic E-state index is 0.567. The van der Waals surface area contributed by atoms with Crippen molar-refractivity contribution in [3.63, 3.8) is 0 Å². The summed E-state index contributed by atoms with van der Waals surface area (Å²) >= 11 is 4.71. The van der Waals surface area contributed by atoms with Crippen molar-refractivity contribution in [1.29, 1.82) is 0 Å². The van der Waals surface area contributed by atoms with Crippen molar-refractivity contribution < 1.29 is 0 Å². The van der Waals surface area contributed by atoms with Gasteiger partial charge in [0.2, 0.25) is 0 Å². The average molecular weight is 152 g/mol. The molecule has 0 fully saturated rings. The highest BCUT2D eigenvalue weighted by Crippen LogP contribution is 2.17. The summed E-state index contributed by atoms with van der Waals surface area (Å²) in [5, 5.41) is 1.52. The van der Waals surface area contributed by atoms with E-state index in [0.29, 0.717) is 11.4 Å². The minimum Gasteiger partial charge on any atom is -0.397 e. The van der Waals surface area contributed by atoms with Gasteiger partial charge in [0.15, 0.2) is 0 Å². The number of anilines is 2. The Balaban J connectivity index is 3.27. The van der Waals surface area contributed by atoms with E-state index in [2.05, 4.69) is 0 Å². The summed E-state index contributed by atoms with van der Waals surface area (Å²) in [6, 6.07) is 5.40. The molecular weight excluding hydrogens is 144 g/mol. The van der Waals surface area contributed by atoms with Gasteiger partial charge >= 0.3 is 0 Å². The van der Waals surface area contributed by atoms with Gasteiger partial charge in [0.25, 0.3) is 0 Å². The molecule has 1 aromatic carbocycles. The number of benzene rings is 1. The third kappa shape index (κ3) is 1.09. The third-order valence-corrected chi connectivity index (χ3v) is 1.55. The fourth-order valence-corrected chi connectivity index (χ4v) is 0.910. The van der Waals surface area contributed by atoms with E-state index in [0.717, 1.165) is 5.56 Å². The molecule has 0 bridgehead atoms. The van der Waals surface area contributed by atoms with Gasteiger partial charge in [-0.15, -0.1) is 0 Å². The lowest BCUT2D eigenvalue weighted by molar-refractivity contribution is 1.65. The van der Waals surface area contributed by atoms with Crippen LogP contribution in [0.15, 0.2) is 18.2 Å². The van der Waals surface area contributed by atoms with E-state index < -0.39 is 0 Å². The van der Waals surface area contributed by atoms with Crippen LogP contribution in [0.4, 0.5) is 11.4 Å². The molecule has 0 spiro atoms. The second kappa shape index (κ2) is 2.66. The van der Waals surface area contributed by atoms with Gasteiger partial charge < -0.3 is 11.5 Å². The summed E-state index contributed by atoms with van der Waals surface area (Å²) in [5.41, 5.74) is 13.0. The molecule has 0 amide bonds. The maximum absolute atomic E-state index is 5.57. The predicted octanol–water partition coefficient (Wildman–Crippen LogP) is 1.20. The van der Waals surface area contributed by atoms with E-state index in [1.807, 2.05) is 12.1 Å². The van der Waals surface area contributed by atoms with Crippen LogP contribution in [-0.4, -0.2) is 5.37 Å². The van der Waals surface area contributed by atoms with E-state index in [1.165, 1.54) is 5.37 Å². The second-order valence-corrected chi connectivity index (χ2v) is 2.20. The Morgan fingerprint density at radius 2 is 2.00 bits per heavy atom. The molecule has 0 saturated heterocycles. The molecule has 1 rings (SSSR count). The van der Waals surface area contributed by atoms with Gasteiger partial charge in [-0.1, -0.05) is 24.4 Å². The standard InChI is InChI=1S/C7H8N2S/c8-6-3-1-2-5(4-10)7(6)9/h1-4H,8-9H2. The summed E-state index contributed by atoms with van der Waals surface area (Å²) < 4.78 is 0. The Morgan fingerprint density at radius 3 is 2.50 bits per heavy atom. The van der Waals surface area contributed by atoms with Gasteiger partial charge in [-0.05, 0) is 6.07 Å². The number of nitrogen functional groups attached to an aromatic ring is 2. The third-order valence-electron chi connectivity index (χ3n) is 1.30. The lowest BCUT2D eigenvalue weighted by atomic mass is 10.2. The lowest BCUT2D eigenvalue weighted by Gasteiger charge is -2.00. The Hall–Kier alpha value is -1.09. The Labute approximate surface area is 64.8 Å². The first-order valence-corrected chi connectivity index (χ1v) is 3.32. The number of hydrogen-bond acceptors (Lipinski definition) is 3. The van der Waals surface area contributed by atoms with Crippen LogP contribution in [0.3, 0.4) is 0 Å².